The van der Waals surface area contributed by atoms with Gasteiger partial charge in [-0.05, 0) is 31.3 Å². The molecule has 1 N–H and O–H groups in total. The van der Waals surface area contributed by atoms with Crippen LogP contribution >= 0.6 is 12.2 Å². The van der Waals surface area contributed by atoms with E-state index in [0.29, 0.717) is 29.3 Å². The zero-order chi connectivity index (χ0) is 14.0. The first-order chi connectivity index (χ1) is 9.06. The fraction of sp³-hybridized carbons (Fsp3) is 0.417. The minimum atomic E-state index is -0.0887. The van der Waals surface area contributed by atoms with Crippen LogP contribution < -0.4 is 5.56 Å². The van der Waals surface area contributed by atoms with Gasteiger partial charge in [-0.15, -0.1) is 0 Å². The molecule has 6 nitrogen and oxygen atoms in total. The number of rotatable bonds is 4. The summed E-state index contributed by atoms with van der Waals surface area (Å²) >= 11 is 5.06. The summed E-state index contributed by atoms with van der Waals surface area (Å²) in [6.45, 7) is 2.90. The van der Waals surface area contributed by atoms with Crippen molar-refractivity contribution in [2.24, 2.45) is 7.05 Å². The maximum Gasteiger partial charge on any atom is 0.261 e. The molecule has 0 saturated carbocycles. The number of hydrogen-bond acceptors (Lipinski definition) is 4. The van der Waals surface area contributed by atoms with E-state index in [9.17, 15) is 4.79 Å². The van der Waals surface area contributed by atoms with Crippen LogP contribution in [0.1, 0.15) is 5.69 Å². The van der Waals surface area contributed by atoms with E-state index < -0.39 is 0 Å². The van der Waals surface area contributed by atoms with Crippen molar-refractivity contribution in [2.75, 3.05) is 13.7 Å². The highest BCUT2D eigenvalue weighted by molar-refractivity contribution is 7.71. The highest BCUT2D eigenvalue weighted by Gasteiger charge is 2.13. The summed E-state index contributed by atoms with van der Waals surface area (Å²) in [5, 5.41) is 6.78. The third kappa shape index (κ3) is 2.52. The Labute approximate surface area is 115 Å². The molecular weight excluding hydrogens is 264 g/mol. The van der Waals surface area contributed by atoms with Gasteiger partial charge < -0.3 is 13.9 Å². The predicted octanol–water partition coefficient (Wildman–Crippen LogP) is 1.26. The van der Waals surface area contributed by atoms with Crippen LogP contribution in [-0.2, 0) is 18.3 Å². The summed E-state index contributed by atoms with van der Waals surface area (Å²) in [5.41, 5.74) is 1.33. The molecule has 2 heterocycles. The first kappa shape index (κ1) is 13.7. The van der Waals surface area contributed by atoms with E-state index >= 15 is 0 Å². The van der Waals surface area contributed by atoms with Crippen LogP contribution in [0.5, 0.6) is 0 Å². The lowest BCUT2D eigenvalue weighted by Crippen LogP contribution is -2.26. The average Bonchev–Trinajstić information content (AvgIpc) is 2.71. The summed E-state index contributed by atoms with van der Waals surface area (Å²) in [5.74, 6) is 0.543. The Morgan fingerprint density at radius 1 is 1.47 bits per heavy atom. The summed E-state index contributed by atoms with van der Waals surface area (Å²) in [7, 11) is 3.39. The SMILES string of the molecule is COCCn1c(C)ccc(-c2n[nH]c(=S)n2C)c1=O. The highest BCUT2D eigenvalue weighted by Crippen LogP contribution is 2.12. The van der Waals surface area contributed by atoms with E-state index in [1.54, 1.807) is 29.4 Å². The quantitative estimate of drug-likeness (QED) is 0.856. The third-order valence-corrected chi connectivity index (χ3v) is 3.40. The minimum Gasteiger partial charge on any atom is -0.383 e. The first-order valence-corrected chi connectivity index (χ1v) is 6.28. The molecule has 0 fully saturated rings. The first-order valence-electron chi connectivity index (χ1n) is 5.87. The lowest BCUT2D eigenvalue weighted by atomic mass is 10.2. The van der Waals surface area contributed by atoms with E-state index in [1.165, 1.54) is 0 Å². The minimum absolute atomic E-state index is 0.0887. The van der Waals surface area contributed by atoms with Crippen LogP contribution in [0, 0.1) is 11.7 Å². The Hall–Kier alpha value is -1.73. The number of hydrogen-bond donors (Lipinski definition) is 1. The van der Waals surface area contributed by atoms with Crippen molar-refractivity contribution in [3.05, 3.63) is 33.0 Å². The van der Waals surface area contributed by atoms with Gasteiger partial charge in [0.05, 0.1) is 12.2 Å². The molecule has 0 aromatic carbocycles. The van der Waals surface area contributed by atoms with Gasteiger partial charge >= 0.3 is 0 Å². The van der Waals surface area contributed by atoms with Crippen molar-refractivity contribution < 1.29 is 4.74 Å². The van der Waals surface area contributed by atoms with Crippen molar-refractivity contribution in [3.63, 3.8) is 0 Å². The van der Waals surface area contributed by atoms with Crippen LogP contribution in [0.2, 0.25) is 0 Å². The van der Waals surface area contributed by atoms with E-state index in [-0.39, 0.29) is 5.56 Å². The molecule has 7 heteroatoms. The molecule has 19 heavy (non-hydrogen) atoms. The lowest BCUT2D eigenvalue weighted by Gasteiger charge is -2.11. The highest BCUT2D eigenvalue weighted by atomic mass is 32.1. The molecule has 0 radical (unpaired) electrons. The Kier molecular flexibility index (Phi) is 3.96. The zero-order valence-corrected chi connectivity index (χ0v) is 12.0. The number of ether oxygens (including phenoxy) is 1. The van der Waals surface area contributed by atoms with Gasteiger partial charge in [0.1, 0.15) is 0 Å². The number of methoxy groups -OCH3 is 1. The molecule has 0 bridgehead atoms. The molecular formula is C12H16N4O2S. The van der Waals surface area contributed by atoms with Crippen LogP contribution in [0.15, 0.2) is 16.9 Å². The van der Waals surface area contributed by atoms with Gasteiger partial charge in [-0.1, -0.05) is 0 Å². The summed E-state index contributed by atoms with van der Waals surface area (Å²) in [6.07, 6.45) is 0. The van der Waals surface area contributed by atoms with Gasteiger partial charge in [-0.3, -0.25) is 9.89 Å². The molecule has 0 unspecified atom stereocenters. The van der Waals surface area contributed by atoms with Crippen molar-refractivity contribution in [1.29, 1.82) is 0 Å². The topological polar surface area (TPSA) is 64.8 Å². The molecule has 102 valence electrons. The monoisotopic (exact) mass is 280 g/mol. The summed E-state index contributed by atoms with van der Waals surface area (Å²) < 4.78 is 8.87. The Morgan fingerprint density at radius 3 is 2.79 bits per heavy atom. The molecule has 2 aromatic rings. The molecule has 2 rings (SSSR count). The number of aryl methyl sites for hydroxylation is 1. The Morgan fingerprint density at radius 2 is 2.21 bits per heavy atom. The molecule has 0 amide bonds. The van der Waals surface area contributed by atoms with E-state index in [4.69, 9.17) is 17.0 Å². The van der Waals surface area contributed by atoms with Crippen LogP contribution in [-0.4, -0.2) is 33.0 Å². The third-order valence-electron chi connectivity index (χ3n) is 3.03. The number of pyridine rings is 1. The zero-order valence-electron chi connectivity index (χ0n) is 11.1. The van der Waals surface area contributed by atoms with Crippen molar-refractivity contribution in [1.82, 2.24) is 19.3 Å². The average molecular weight is 280 g/mol. The maximum atomic E-state index is 12.5. The molecule has 0 atom stereocenters. The Balaban J connectivity index is 2.57. The lowest BCUT2D eigenvalue weighted by molar-refractivity contribution is 0.185. The fourth-order valence-corrected chi connectivity index (χ4v) is 2.02. The van der Waals surface area contributed by atoms with E-state index in [1.807, 2.05) is 13.0 Å². The normalized spacial score (nSPS) is 10.9. The molecule has 0 aliphatic rings. The number of aromatic nitrogens is 4. The molecule has 0 aliphatic carbocycles. The molecule has 0 aliphatic heterocycles. The second kappa shape index (κ2) is 5.50. The second-order valence-corrected chi connectivity index (χ2v) is 4.64. The fourth-order valence-electron chi connectivity index (χ4n) is 1.89. The van der Waals surface area contributed by atoms with Gasteiger partial charge in [0.15, 0.2) is 10.6 Å². The maximum absolute atomic E-state index is 12.5. The summed E-state index contributed by atoms with van der Waals surface area (Å²) in [4.78, 5) is 12.5. The van der Waals surface area contributed by atoms with Crippen LogP contribution in [0.25, 0.3) is 11.4 Å². The second-order valence-electron chi connectivity index (χ2n) is 4.25. The van der Waals surface area contributed by atoms with Crippen molar-refractivity contribution >= 4 is 12.2 Å². The van der Waals surface area contributed by atoms with E-state index in [0.717, 1.165) is 5.69 Å². The number of nitrogens with zero attached hydrogens (tertiary/aromatic N) is 3. The smallest absolute Gasteiger partial charge is 0.261 e. The summed E-state index contributed by atoms with van der Waals surface area (Å²) in [6, 6.07) is 3.66. The van der Waals surface area contributed by atoms with Gasteiger partial charge in [-0.2, -0.15) is 5.10 Å². The standard InChI is InChI=1S/C12H16N4O2S/c1-8-4-5-9(10-13-14-12(19)15(10)2)11(17)16(8)6-7-18-3/h4-5H,6-7H2,1-3H3,(H,14,19). The molecule has 2 aromatic heterocycles. The van der Waals surface area contributed by atoms with Gasteiger partial charge in [0.2, 0.25) is 0 Å². The van der Waals surface area contributed by atoms with E-state index in [2.05, 4.69) is 10.2 Å². The van der Waals surface area contributed by atoms with Crippen molar-refractivity contribution in [2.45, 2.75) is 13.5 Å². The van der Waals surface area contributed by atoms with Gasteiger partial charge in [-0.25, -0.2) is 0 Å². The number of H-pyrrole nitrogens is 1. The van der Waals surface area contributed by atoms with Gasteiger partial charge in [0.25, 0.3) is 5.56 Å². The van der Waals surface area contributed by atoms with Crippen LogP contribution in [0.3, 0.4) is 0 Å². The number of nitrogens with one attached hydrogen (secondary N) is 1. The molecule has 0 spiro atoms. The molecule has 0 saturated heterocycles. The van der Waals surface area contributed by atoms with Crippen LogP contribution in [0.4, 0.5) is 0 Å². The Bertz CT molecular complexity index is 698. The predicted molar refractivity (Wildman–Crippen MR) is 74.7 cm³/mol. The number of aromatic amines is 1. The largest absolute Gasteiger partial charge is 0.383 e. The van der Waals surface area contributed by atoms with Crippen molar-refractivity contribution in [3.8, 4) is 11.4 Å². The van der Waals surface area contributed by atoms with Gasteiger partial charge in [0, 0.05) is 26.4 Å².